The van der Waals surface area contributed by atoms with Gasteiger partial charge in [0.25, 0.3) is 0 Å². The smallest absolute Gasteiger partial charge is 0.131 e. The lowest BCUT2D eigenvalue weighted by molar-refractivity contribution is 0.499. The van der Waals surface area contributed by atoms with Gasteiger partial charge in [-0.1, -0.05) is 32.0 Å². The van der Waals surface area contributed by atoms with E-state index < -0.39 is 0 Å². The second kappa shape index (κ2) is 7.18. The van der Waals surface area contributed by atoms with E-state index in [4.69, 9.17) is 0 Å². The molecule has 2 rings (SSSR count). The van der Waals surface area contributed by atoms with Crippen LogP contribution in [-0.4, -0.2) is 16.3 Å². The summed E-state index contributed by atoms with van der Waals surface area (Å²) in [5.41, 5.74) is 2.30. The van der Waals surface area contributed by atoms with Crippen molar-refractivity contribution in [3.8, 4) is 0 Å². The molecule has 0 bridgehead atoms. The lowest BCUT2D eigenvalue weighted by atomic mass is 10.0. The largest absolute Gasteiger partial charge is 0.305 e. The van der Waals surface area contributed by atoms with Gasteiger partial charge >= 0.3 is 0 Å². The number of halogens is 2. The molecule has 21 heavy (non-hydrogen) atoms. The minimum absolute atomic E-state index is 0.153. The highest BCUT2D eigenvalue weighted by molar-refractivity contribution is 9.10. The van der Waals surface area contributed by atoms with Crippen LogP contribution in [0.4, 0.5) is 4.39 Å². The van der Waals surface area contributed by atoms with Crippen molar-refractivity contribution in [3.05, 3.63) is 51.5 Å². The normalized spacial score (nSPS) is 12.6. The summed E-state index contributed by atoms with van der Waals surface area (Å²) in [6.45, 7) is 7.49. The first kappa shape index (κ1) is 16.2. The molecule has 0 saturated heterocycles. The minimum atomic E-state index is -0.210. The average Bonchev–Trinajstić information content (AvgIpc) is 2.81. The molecule has 0 aliphatic heterocycles. The Morgan fingerprint density at radius 3 is 2.81 bits per heavy atom. The van der Waals surface area contributed by atoms with Gasteiger partial charge in [0.05, 0.1) is 22.4 Å². The number of nitrogens with zero attached hydrogens (tertiary/aromatic N) is 2. The second-order valence-electron chi connectivity index (χ2n) is 5.07. The van der Waals surface area contributed by atoms with Crippen LogP contribution in [0.15, 0.2) is 28.9 Å². The maximum atomic E-state index is 14.5. The molecule has 0 saturated carbocycles. The number of hydrogen-bond acceptors (Lipinski definition) is 2. The van der Waals surface area contributed by atoms with E-state index in [0.717, 1.165) is 29.7 Å². The number of aromatic nitrogens is 2. The highest BCUT2D eigenvalue weighted by Gasteiger charge is 2.24. The molecule has 1 atom stereocenters. The molecule has 2 aromatic rings. The van der Waals surface area contributed by atoms with E-state index in [1.165, 1.54) is 0 Å². The molecule has 0 radical (unpaired) electrons. The third-order valence-corrected chi connectivity index (χ3v) is 4.09. The fraction of sp³-hybridized carbons (Fsp3) is 0.438. The van der Waals surface area contributed by atoms with Crippen LogP contribution in [0.3, 0.4) is 0 Å². The van der Waals surface area contributed by atoms with Crippen LogP contribution in [-0.2, 0) is 6.54 Å². The van der Waals surface area contributed by atoms with E-state index >= 15 is 0 Å². The highest BCUT2D eigenvalue weighted by Crippen LogP contribution is 2.31. The second-order valence-corrected chi connectivity index (χ2v) is 5.92. The summed E-state index contributed by atoms with van der Waals surface area (Å²) in [5, 5.41) is 7.77. The van der Waals surface area contributed by atoms with Gasteiger partial charge in [-0.3, -0.25) is 4.68 Å². The molecule has 0 fully saturated rings. The summed E-state index contributed by atoms with van der Waals surface area (Å²) >= 11 is 3.55. The van der Waals surface area contributed by atoms with Gasteiger partial charge in [-0.2, -0.15) is 5.10 Å². The maximum absolute atomic E-state index is 14.5. The Morgan fingerprint density at radius 1 is 1.38 bits per heavy atom. The number of nitrogens with one attached hydrogen (secondary N) is 1. The lowest BCUT2D eigenvalue weighted by Crippen LogP contribution is -2.26. The Balaban J connectivity index is 2.53. The monoisotopic (exact) mass is 353 g/mol. The van der Waals surface area contributed by atoms with Crippen molar-refractivity contribution in [2.75, 3.05) is 6.54 Å². The molecule has 0 spiro atoms. The predicted octanol–water partition coefficient (Wildman–Crippen LogP) is 4.20. The summed E-state index contributed by atoms with van der Waals surface area (Å²) in [7, 11) is 0. The number of rotatable bonds is 6. The van der Waals surface area contributed by atoms with E-state index in [9.17, 15) is 4.39 Å². The summed E-state index contributed by atoms with van der Waals surface area (Å²) < 4.78 is 17.4. The van der Waals surface area contributed by atoms with Crippen molar-refractivity contribution in [3.63, 3.8) is 0 Å². The number of hydrogen-bond donors (Lipinski definition) is 1. The lowest BCUT2D eigenvalue weighted by Gasteiger charge is -2.21. The van der Waals surface area contributed by atoms with Crippen LogP contribution >= 0.6 is 15.9 Å². The van der Waals surface area contributed by atoms with Crippen LogP contribution in [0.5, 0.6) is 0 Å². The summed E-state index contributed by atoms with van der Waals surface area (Å²) in [6, 6.07) is 5.32. The SMILES string of the molecule is CCCn1ncc(Br)c1C(NCC)c1cccc(C)c1F. The fourth-order valence-corrected chi connectivity index (χ4v) is 3.03. The van der Waals surface area contributed by atoms with Crippen molar-refractivity contribution in [2.45, 2.75) is 39.8 Å². The first-order valence-electron chi connectivity index (χ1n) is 7.29. The third kappa shape index (κ3) is 3.35. The summed E-state index contributed by atoms with van der Waals surface area (Å²) in [5.74, 6) is -0.153. The molecule has 0 aliphatic carbocycles. The number of aryl methyl sites for hydroxylation is 2. The van der Waals surface area contributed by atoms with Crippen LogP contribution in [0.25, 0.3) is 0 Å². The van der Waals surface area contributed by atoms with Gasteiger partial charge in [0.15, 0.2) is 0 Å². The molecule has 0 aliphatic rings. The average molecular weight is 354 g/mol. The van der Waals surface area contributed by atoms with Crippen molar-refractivity contribution in [1.82, 2.24) is 15.1 Å². The van der Waals surface area contributed by atoms with E-state index in [1.54, 1.807) is 19.2 Å². The summed E-state index contributed by atoms with van der Waals surface area (Å²) in [4.78, 5) is 0. The van der Waals surface area contributed by atoms with Gasteiger partial charge in [0, 0.05) is 12.1 Å². The Morgan fingerprint density at radius 2 is 2.14 bits per heavy atom. The summed E-state index contributed by atoms with van der Waals surface area (Å²) in [6.07, 6.45) is 2.76. The fourth-order valence-electron chi connectivity index (χ4n) is 2.50. The Bertz CT molecular complexity index is 610. The van der Waals surface area contributed by atoms with Crippen molar-refractivity contribution in [2.24, 2.45) is 0 Å². The van der Waals surface area contributed by atoms with Crippen molar-refractivity contribution >= 4 is 15.9 Å². The molecule has 3 nitrogen and oxygen atoms in total. The molecule has 1 unspecified atom stereocenters. The first-order chi connectivity index (χ1) is 10.1. The van der Waals surface area contributed by atoms with Crippen molar-refractivity contribution < 1.29 is 4.39 Å². The molecule has 0 amide bonds. The molecule has 1 heterocycles. The molecule has 5 heteroatoms. The zero-order valence-corrected chi connectivity index (χ0v) is 14.2. The molecule has 1 aromatic heterocycles. The quantitative estimate of drug-likeness (QED) is 0.843. The zero-order chi connectivity index (χ0) is 15.4. The first-order valence-corrected chi connectivity index (χ1v) is 8.09. The van der Waals surface area contributed by atoms with Crippen LogP contribution in [0.1, 0.15) is 43.1 Å². The molecular weight excluding hydrogens is 333 g/mol. The molecule has 1 aromatic carbocycles. The van der Waals surface area contributed by atoms with Gasteiger partial charge in [-0.25, -0.2) is 4.39 Å². The van der Waals surface area contributed by atoms with Gasteiger partial charge in [-0.15, -0.1) is 0 Å². The standard InChI is InChI=1S/C16H21BrFN3/c1-4-9-21-16(13(17)10-20-21)15(19-5-2)12-8-6-7-11(3)14(12)18/h6-8,10,15,19H,4-5,9H2,1-3H3. The van der Waals surface area contributed by atoms with Gasteiger partial charge < -0.3 is 5.32 Å². The van der Waals surface area contributed by atoms with E-state index in [-0.39, 0.29) is 11.9 Å². The molecule has 114 valence electrons. The topological polar surface area (TPSA) is 29.9 Å². The van der Waals surface area contributed by atoms with Crippen LogP contribution in [0.2, 0.25) is 0 Å². The van der Waals surface area contributed by atoms with Gasteiger partial charge in [-0.05, 0) is 41.4 Å². The Hall–Kier alpha value is -1.20. The predicted molar refractivity (Wildman–Crippen MR) is 86.9 cm³/mol. The highest BCUT2D eigenvalue weighted by atomic mass is 79.9. The molecule has 1 N–H and O–H groups in total. The minimum Gasteiger partial charge on any atom is -0.305 e. The Kier molecular flexibility index (Phi) is 5.53. The van der Waals surface area contributed by atoms with E-state index in [0.29, 0.717) is 11.1 Å². The third-order valence-electron chi connectivity index (χ3n) is 3.48. The maximum Gasteiger partial charge on any atom is 0.131 e. The number of benzene rings is 1. The van der Waals surface area contributed by atoms with E-state index in [1.807, 2.05) is 23.7 Å². The Labute approximate surface area is 133 Å². The zero-order valence-electron chi connectivity index (χ0n) is 12.7. The van der Waals surface area contributed by atoms with Gasteiger partial charge in [0.2, 0.25) is 0 Å². The van der Waals surface area contributed by atoms with Crippen molar-refractivity contribution in [1.29, 1.82) is 0 Å². The van der Waals surface area contributed by atoms with E-state index in [2.05, 4.69) is 33.3 Å². The van der Waals surface area contributed by atoms with Crippen LogP contribution in [0, 0.1) is 12.7 Å². The molecular formula is C16H21BrFN3. The van der Waals surface area contributed by atoms with Crippen LogP contribution < -0.4 is 5.32 Å². The van der Waals surface area contributed by atoms with Gasteiger partial charge in [0.1, 0.15) is 5.82 Å².